The highest BCUT2D eigenvalue weighted by atomic mass is 32.2. The van der Waals surface area contributed by atoms with Crippen LogP contribution in [0.2, 0.25) is 0 Å². The number of benzene rings is 1. The summed E-state index contributed by atoms with van der Waals surface area (Å²) in [7, 11) is 0. The molecule has 0 bridgehead atoms. The van der Waals surface area contributed by atoms with Crippen LogP contribution in [-0.2, 0) is 11.3 Å². The largest absolute Gasteiger partial charge is 0.480 e. The van der Waals surface area contributed by atoms with Crippen LogP contribution in [0.5, 0.6) is 0 Å². The first-order valence-electron chi connectivity index (χ1n) is 8.79. The van der Waals surface area contributed by atoms with Crippen molar-refractivity contribution in [3.63, 3.8) is 0 Å². The number of nitrogen functional groups attached to an aromatic ring is 1. The number of nitrogens with one attached hydrogen (secondary N) is 1. The van der Waals surface area contributed by atoms with Crippen LogP contribution in [0.15, 0.2) is 34.1 Å². The van der Waals surface area contributed by atoms with Crippen LogP contribution in [0.25, 0.3) is 11.3 Å². The van der Waals surface area contributed by atoms with Gasteiger partial charge >= 0.3 is 5.97 Å². The number of nitrogens with zero attached hydrogens (tertiary/aromatic N) is 2. The van der Waals surface area contributed by atoms with Gasteiger partial charge in [0.2, 0.25) is 0 Å². The number of carbonyl (C=O) groups is 1. The average Bonchev–Trinajstić information content (AvgIpc) is 2.55. The number of rotatable bonds is 8. The Hall–Kier alpha value is -2.48. The fraction of sp³-hybridized carbons (Fsp3) is 0.421. The Kier molecular flexibility index (Phi) is 6.90. The Balaban J connectivity index is 2.55. The zero-order chi connectivity index (χ0) is 20.1. The Bertz CT molecular complexity index is 878. The van der Waals surface area contributed by atoms with Gasteiger partial charge in [-0.2, -0.15) is 0 Å². The summed E-state index contributed by atoms with van der Waals surface area (Å²) in [6.45, 7) is 7.58. The third kappa shape index (κ3) is 5.75. The molecule has 0 aliphatic rings. The maximum absolute atomic E-state index is 12.8. The second-order valence-corrected chi connectivity index (χ2v) is 8.17. The summed E-state index contributed by atoms with van der Waals surface area (Å²) in [4.78, 5) is 29.3. The van der Waals surface area contributed by atoms with Crippen molar-refractivity contribution >= 4 is 29.2 Å². The van der Waals surface area contributed by atoms with E-state index in [9.17, 15) is 14.7 Å². The molecule has 8 heteroatoms. The van der Waals surface area contributed by atoms with Crippen LogP contribution in [0, 0.1) is 5.92 Å². The van der Waals surface area contributed by atoms with Crippen molar-refractivity contribution in [2.45, 2.75) is 45.2 Å². The van der Waals surface area contributed by atoms with Gasteiger partial charge in [0.15, 0.2) is 5.82 Å². The zero-order valence-corrected chi connectivity index (χ0v) is 16.8. The molecule has 1 heterocycles. The van der Waals surface area contributed by atoms with Gasteiger partial charge in [-0.15, -0.1) is 11.8 Å². The molecule has 0 fully saturated rings. The van der Waals surface area contributed by atoms with E-state index in [4.69, 9.17) is 5.73 Å². The van der Waals surface area contributed by atoms with E-state index in [2.05, 4.69) is 24.1 Å². The lowest BCUT2D eigenvalue weighted by molar-refractivity contribution is -0.137. The maximum atomic E-state index is 12.8. The molecule has 27 heavy (non-hydrogen) atoms. The van der Waals surface area contributed by atoms with Crippen LogP contribution in [0.1, 0.15) is 27.7 Å². The number of carboxylic acids is 1. The normalized spacial score (nSPS) is 11.2. The van der Waals surface area contributed by atoms with Crippen molar-refractivity contribution in [1.82, 2.24) is 9.55 Å². The molecule has 7 nitrogen and oxygen atoms in total. The highest BCUT2D eigenvalue weighted by Gasteiger charge is 2.16. The Morgan fingerprint density at radius 1 is 1.30 bits per heavy atom. The Morgan fingerprint density at radius 2 is 2.00 bits per heavy atom. The average molecular weight is 391 g/mol. The van der Waals surface area contributed by atoms with Gasteiger partial charge in [0.05, 0.1) is 11.9 Å². The molecule has 2 aromatic rings. The summed E-state index contributed by atoms with van der Waals surface area (Å²) >= 11 is 1.67. The van der Waals surface area contributed by atoms with Gasteiger partial charge in [-0.05, 0) is 38.0 Å². The number of anilines is 2. The predicted molar refractivity (Wildman–Crippen MR) is 110 cm³/mol. The molecule has 146 valence electrons. The summed E-state index contributed by atoms with van der Waals surface area (Å²) in [5.41, 5.74) is 7.22. The van der Waals surface area contributed by atoms with Gasteiger partial charge in [0.1, 0.15) is 6.54 Å². The van der Waals surface area contributed by atoms with Gasteiger partial charge in [0, 0.05) is 27.9 Å². The first-order valence-corrected chi connectivity index (χ1v) is 9.77. The molecule has 0 aliphatic carbocycles. The zero-order valence-electron chi connectivity index (χ0n) is 16.0. The lowest BCUT2D eigenvalue weighted by atomic mass is 10.1. The lowest BCUT2D eigenvalue weighted by Gasteiger charge is -2.16. The van der Waals surface area contributed by atoms with E-state index >= 15 is 0 Å². The fourth-order valence-corrected chi connectivity index (χ4v) is 3.45. The predicted octanol–water partition coefficient (Wildman–Crippen LogP) is 3.15. The monoisotopic (exact) mass is 390 g/mol. The second kappa shape index (κ2) is 8.94. The first-order chi connectivity index (χ1) is 12.7. The van der Waals surface area contributed by atoms with E-state index in [1.165, 1.54) is 10.8 Å². The highest BCUT2D eigenvalue weighted by molar-refractivity contribution is 7.99. The quantitative estimate of drug-likeness (QED) is 0.469. The van der Waals surface area contributed by atoms with Crippen LogP contribution >= 0.6 is 11.8 Å². The molecule has 0 spiro atoms. The maximum Gasteiger partial charge on any atom is 0.323 e. The molecule has 0 unspecified atom stereocenters. The van der Waals surface area contributed by atoms with Crippen LogP contribution in [0.4, 0.5) is 11.5 Å². The van der Waals surface area contributed by atoms with Gasteiger partial charge < -0.3 is 16.2 Å². The van der Waals surface area contributed by atoms with Crippen molar-refractivity contribution in [3.05, 3.63) is 34.7 Å². The molecule has 0 saturated carbocycles. The van der Waals surface area contributed by atoms with Gasteiger partial charge in [-0.25, -0.2) is 4.98 Å². The standard InChI is InChI=1S/C19H26N4O3S/c1-11(2)10-27-15-6-13(5-14(20)7-15)16-8-21-18(22-12(3)4)19(26)23(16)9-17(24)25/h5-8,11-12H,9-10,20H2,1-4H3,(H,21,22)(H,24,25). The van der Waals surface area contributed by atoms with E-state index in [0.29, 0.717) is 22.9 Å². The molecule has 2 rings (SSSR count). The highest BCUT2D eigenvalue weighted by Crippen LogP contribution is 2.29. The van der Waals surface area contributed by atoms with Gasteiger partial charge in [-0.3, -0.25) is 14.2 Å². The number of aliphatic carboxylic acids is 1. The lowest BCUT2D eigenvalue weighted by Crippen LogP contribution is -2.30. The smallest absolute Gasteiger partial charge is 0.323 e. The third-order valence-corrected chi connectivity index (χ3v) is 4.98. The molecule has 1 aromatic heterocycles. The molecule has 4 N–H and O–H groups in total. The van der Waals surface area contributed by atoms with Crippen molar-refractivity contribution in [2.75, 3.05) is 16.8 Å². The molecule has 0 aliphatic heterocycles. The van der Waals surface area contributed by atoms with E-state index in [1.54, 1.807) is 17.8 Å². The molecule has 0 atom stereocenters. The minimum Gasteiger partial charge on any atom is -0.480 e. The van der Waals surface area contributed by atoms with Crippen LogP contribution in [-0.4, -0.2) is 32.4 Å². The molecular weight excluding hydrogens is 364 g/mol. The number of nitrogens with two attached hydrogens (primary N) is 1. The van der Waals surface area contributed by atoms with Crippen molar-refractivity contribution in [2.24, 2.45) is 5.92 Å². The topological polar surface area (TPSA) is 110 Å². The van der Waals surface area contributed by atoms with Crippen molar-refractivity contribution in [1.29, 1.82) is 0 Å². The summed E-state index contributed by atoms with van der Waals surface area (Å²) in [6.07, 6.45) is 1.51. The van der Waals surface area contributed by atoms with E-state index in [-0.39, 0.29) is 11.9 Å². The van der Waals surface area contributed by atoms with Crippen LogP contribution in [0.3, 0.4) is 0 Å². The SMILES string of the molecule is CC(C)CSc1cc(N)cc(-c2cnc(NC(C)C)c(=O)n2CC(=O)O)c1. The van der Waals surface area contributed by atoms with E-state index < -0.39 is 18.1 Å². The summed E-state index contributed by atoms with van der Waals surface area (Å²) < 4.78 is 1.21. The number of carboxylic acid groups (broad SMARTS) is 1. The molecular formula is C19H26N4O3S. The van der Waals surface area contributed by atoms with Crippen LogP contribution < -0.4 is 16.6 Å². The minimum atomic E-state index is -1.10. The third-order valence-electron chi connectivity index (χ3n) is 3.58. The van der Waals surface area contributed by atoms with Crippen molar-refractivity contribution < 1.29 is 9.90 Å². The number of aromatic nitrogens is 2. The summed E-state index contributed by atoms with van der Waals surface area (Å²) in [5, 5.41) is 12.2. The number of hydrogen-bond acceptors (Lipinski definition) is 6. The van der Waals surface area contributed by atoms with E-state index in [0.717, 1.165) is 10.6 Å². The molecule has 0 amide bonds. The second-order valence-electron chi connectivity index (χ2n) is 7.07. The Morgan fingerprint density at radius 3 is 2.59 bits per heavy atom. The number of thioether (sulfide) groups is 1. The first kappa shape index (κ1) is 20.8. The Labute approximate surface area is 163 Å². The molecule has 0 saturated heterocycles. The van der Waals surface area contributed by atoms with Gasteiger partial charge in [0.25, 0.3) is 5.56 Å². The number of hydrogen-bond donors (Lipinski definition) is 3. The van der Waals surface area contributed by atoms with E-state index in [1.807, 2.05) is 26.0 Å². The van der Waals surface area contributed by atoms with Crippen molar-refractivity contribution in [3.8, 4) is 11.3 Å². The van der Waals surface area contributed by atoms with Gasteiger partial charge in [-0.1, -0.05) is 13.8 Å². The summed E-state index contributed by atoms with van der Waals surface area (Å²) in [6, 6.07) is 5.51. The molecule has 0 radical (unpaired) electrons. The minimum absolute atomic E-state index is 0.000680. The summed E-state index contributed by atoms with van der Waals surface area (Å²) in [5.74, 6) is 0.486. The molecule has 1 aromatic carbocycles. The fourth-order valence-electron chi connectivity index (χ4n) is 2.50.